The number of hydrogen-bond acceptors (Lipinski definition) is 5. The summed E-state index contributed by atoms with van der Waals surface area (Å²) in [4.78, 5) is 8.57. The number of fused-ring (bicyclic) bond motifs is 1. The van der Waals surface area contributed by atoms with Crippen molar-refractivity contribution in [1.82, 2.24) is 9.97 Å². The van der Waals surface area contributed by atoms with E-state index in [1.54, 1.807) is 19.5 Å². The van der Waals surface area contributed by atoms with Crippen molar-refractivity contribution in [3.05, 3.63) is 41.7 Å². The zero-order valence-electron chi connectivity index (χ0n) is 12.3. The lowest BCUT2D eigenvalue weighted by molar-refractivity contribution is 0.325. The van der Waals surface area contributed by atoms with E-state index in [0.29, 0.717) is 12.5 Å². The molecule has 3 rings (SSSR count). The van der Waals surface area contributed by atoms with Crippen LogP contribution in [0.1, 0.15) is 30.5 Å². The number of aromatic nitrogens is 2. The number of benzene rings is 1. The lowest BCUT2D eigenvalue weighted by Crippen LogP contribution is -2.09. The van der Waals surface area contributed by atoms with Crippen molar-refractivity contribution >= 4 is 5.82 Å². The van der Waals surface area contributed by atoms with Crippen LogP contribution in [0.25, 0.3) is 0 Å². The first kappa shape index (κ1) is 13.7. The standard InChI is InChI=1S/C16H19N3O2/c1-3-21-16-10-17-9-15(19-16)18-13-8-7-12-11(13)5-4-6-14(12)20-2/h4-6,9-10,13H,3,7-8H2,1-2H3,(H,18,19). The molecule has 1 aromatic heterocycles. The number of methoxy groups -OCH3 is 1. The maximum Gasteiger partial charge on any atom is 0.234 e. The quantitative estimate of drug-likeness (QED) is 0.915. The number of ether oxygens (including phenoxy) is 2. The Balaban J connectivity index is 1.81. The summed E-state index contributed by atoms with van der Waals surface area (Å²) in [5.41, 5.74) is 2.56. The minimum Gasteiger partial charge on any atom is -0.496 e. The van der Waals surface area contributed by atoms with Gasteiger partial charge in [-0.05, 0) is 37.0 Å². The van der Waals surface area contributed by atoms with Crippen LogP contribution in [-0.4, -0.2) is 23.7 Å². The molecule has 2 aromatic rings. The molecule has 0 bridgehead atoms. The summed E-state index contributed by atoms with van der Waals surface area (Å²) in [6.07, 6.45) is 5.38. The van der Waals surface area contributed by atoms with Gasteiger partial charge in [-0.3, -0.25) is 4.98 Å². The van der Waals surface area contributed by atoms with Crippen LogP contribution >= 0.6 is 0 Å². The zero-order valence-corrected chi connectivity index (χ0v) is 12.3. The topological polar surface area (TPSA) is 56.3 Å². The molecule has 0 saturated carbocycles. The molecule has 5 heteroatoms. The first-order valence-electron chi connectivity index (χ1n) is 7.19. The average Bonchev–Trinajstić information content (AvgIpc) is 2.91. The normalized spacial score (nSPS) is 16.4. The first-order valence-corrected chi connectivity index (χ1v) is 7.19. The molecular weight excluding hydrogens is 266 g/mol. The molecule has 0 spiro atoms. The zero-order chi connectivity index (χ0) is 14.7. The molecule has 21 heavy (non-hydrogen) atoms. The molecule has 1 N–H and O–H groups in total. The van der Waals surface area contributed by atoms with Crippen molar-refractivity contribution in [3.8, 4) is 11.6 Å². The SMILES string of the molecule is CCOc1cncc(NC2CCc3c(OC)cccc32)n1. The third kappa shape index (κ3) is 2.77. The number of nitrogens with one attached hydrogen (secondary N) is 1. The highest BCUT2D eigenvalue weighted by molar-refractivity contribution is 5.49. The van der Waals surface area contributed by atoms with Crippen molar-refractivity contribution in [2.75, 3.05) is 19.0 Å². The van der Waals surface area contributed by atoms with Gasteiger partial charge in [0.1, 0.15) is 11.6 Å². The summed E-state index contributed by atoms with van der Waals surface area (Å²) >= 11 is 0. The van der Waals surface area contributed by atoms with Gasteiger partial charge >= 0.3 is 0 Å². The fraction of sp³-hybridized carbons (Fsp3) is 0.375. The second-order valence-corrected chi connectivity index (χ2v) is 4.94. The Bertz CT molecular complexity index is 631. The molecule has 0 saturated heterocycles. The van der Waals surface area contributed by atoms with Crippen LogP contribution in [0.4, 0.5) is 5.82 Å². The molecule has 0 fully saturated rings. The van der Waals surface area contributed by atoms with Crippen LogP contribution in [0, 0.1) is 0 Å². The van der Waals surface area contributed by atoms with E-state index in [2.05, 4.69) is 21.4 Å². The highest BCUT2D eigenvalue weighted by Crippen LogP contribution is 2.38. The molecule has 1 unspecified atom stereocenters. The molecule has 1 aromatic carbocycles. The van der Waals surface area contributed by atoms with Gasteiger partial charge in [0.05, 0.1) is 32.2 Å². The van der Waals surface area contributed by atoms with Crippen molar-refractivity contribution in [3.63, 3.8) is 0 Å². The third-order valence-electron chi connectivity index (χ3n) is 3.67. The Hall–Kier alpha value is -2.30. The van der Waals surface area contributed by atoms with Gasteiger partial charge in [0.25, 0.3) is 0 Å². The Morgan fingerprint density at radius 1 is 1.33 bits per heavy atom. The summed E-state index contributed by atoms with van der Waals surface area (Å²) < 4.78 is 10.8. The van der Waals surface area contributed by atoms with Crippen LogP contribution in [0.2, 0.25) is 0 Å². The molecule has 1 aliphatic carbocycles. The molecular formula is C16H19N3O2. The van der Waals surface area contributed by atoms with E-state index in [9.17, 15) is 0 Å². The van der Waals surface area contributed by atoms with E-state index in [4.69, 9.17) is 9.47 Å². The maximum absolute atomic E-state index is 5.43. The summed E-state index contributed by atoms with van der Waals surface area (Å²) in [6.45, 7) is 2.52. The monoisotopic (exact) mass is 285 g/mol. The molecule has 1 atom stereocenters. The summed E-state index contributed by atoms with van der Waals surface area (Å²) in [5.74, 6) is 2.25. The van der Waals surface area contributed by atoms with Crippen molar-refractivity contribution in [1.29, 1.82) is 0 Å². The Morgan fingerprint density at radius 3 is 3.05 bits per heavy atom. The fourth-order valence-electron chi connectivity index (χ4n) is 2.78. The van der Waals surface area contributed by atoms with Crippen molar-refractivity contribution in [2.45, 2.75) is 25.8 Å². The lowest BCUT2D eigenvalue weighted by atomic mass is 10.1. The van der Waals surface area contributed by atoms with E-state index < -0.39 is 0 Å². The number of hydrogen-bond donors (Lipinski definition) is 1. The van der Waals surface area contributed by atoms with Gasteiger partial charge in [-0.1, -0.05) is 12.1 Å². The van der Waals surface area contributed by atoms with Crippen molar-refractivity contribution in [2.24, 2.45) is 0 Å². The molecule has 5 nitrogen and oxygen atoms in total. The van der Waals surface area contributed by atoms with Crippen LogP contribution in [0.5, 0.6) is 11.6 Å². The van der Waals surface area contributed by atoms with Crippen LogP contribution in [-0.2, 0) is 6.42 Å². The van der Waals surface area contributed by atoms with Gasteiger partial charge in [-0.15, -0.1) is 0 Å². The number of nitrogens with zero attached hydrogens (tertiary/aromatic N) is 2. The highest BCUT2D eigenvalue weighted by atomic mass is 16.5. The molecule has 0 amide bonds. The Kier molecular flexibility index (Phi) is 3.90. The van der Waals surface area contributed by atoms with Gasteiger partial charge in [0.15, 0.2) is 0 Å². The summed E-state index contributed by atoms with van der Waals surface area (Å²) in [5, 5.41) is 3.44. The maximum atomic E-state index is 5.43. The van der Waals surface area contributed by atoms with E-state index >= 15 is 0 Å². The molecule has 0 aliphatic heterocycles. The molecule has 110 valence electrons. The van der Waals surface area contributed by atoms with Crippen molar-refractivity contribution < 1.29 is 9.47 Å². The number of rotatable bonds is 5. The van der Waals surface area contributed by atoms with Crippen LogP contribution in [0.15, 0.2) is 30.6 Å². The molecule has 0 radical (unpaired) electrons. The predicted molar refractivity (Wildman–Crippen MR) is 80.9 cm³/mol. The second kappa shape index (κ2) is 5.99. The average molecular weight is 285 g/mol. The summed E-state index contributed by atoms with van der Waals surface area (Å²) in [6, 6.07) is 6.42. The minimum absolute atomic E-state index is 0.237. The van der Waals surface area contributed by atoms with Gasteiger partial charge in [0, 0.05) is 0 Å². The smallest absolute Gasteiger partial charge is 0.234 e. The number of anilines is 1. The lowest BCUT2D eigenvalue weighted by Gasteiger charge is -2.15. The highest BCUT2D eigenvalue weighted by Gasteiger charge is 2.25. The van der Waals surface area contributed by atoms with Gasteiger partial charge in [-0.2, -0.15) is 4.98 Å². The summed E-state index contributed by atoms with van der Waals surface area (Å²) in [7, 11) is 1.72. The molecule has 1 aliphatic rings. The van der Waals surface area contributed by atoms with Gasteiger partial charge in [-0.25, -0.2) is 0 Å². The third-order valence-corrected chi connectivity index (χ3v) is 3.67. The van der Waals surface area contributed by atoms with Gasteiger partial charge < -0.3 is 14.8 Å². The minimum atomic E-state index is 0.237. The largest absolute Gasteiger partial charge is 0.496 e. The van der Waals surface area contributed by atoms with Gasteiger partial charge in [0.2, 0.25) is 5.88 Å². The Labute approximate surface area is 124 Å². The first-order chi connectivity index (χ1) is 10.3. The molecule has 1 heterocycles. The van der Waals surface area contributed by atoms with E-state index in [1.165, 1.54) is 11.1 Å². The Morgan fingerprint density at radius 2 is 2.24 bits per heavy atom. The van der Waals surface area contributed by atoms with Crippen LogP contribution < -0.4 is 14.8 Å². The second-order valence-electron chi connectivity index (χ2n) is 4.94. The van der Waals surface area contributed by atoms with E-state index in [1.807, 2.05) is 19.1 Å². The fourth-order valence-corrected chi connectivity index (χ4v) is 2.78. The predicted octanol–water partition coefficient (Wildman–Crippen LogP) is 2.98. The van der Waals surface area contributed by atoms with E-state index in [0.717, 1.165) is 24.4 Å². The van der Waals surface area contributed by atoms with E-state index in [-0.39, 0.29) is 6.04 Å². The van der Waals surface area contributed by atoms with Crippen LogP contribution in [0.3, 0.4) is 0 Å².